The van der Waals surface area contributed by atoms with Crippen LogP contribution >= 0.6 is 0 Å². The summed E-state index contributed by atoms with van der Waals surface area (Å²) in [7, 11) is 3.76. The molecule has 0 amide bonds. The lowest BCUT2D eigenvalue weighted by molar-refractivity contribution is -0.384. The predicted molar refractivity (Wildman–Crippen MR) is 85.5 cm³/mol. The van der Waals surface area contributed by atoms with Crippen LogP contribution in [-0.2, 0) is 6.42 Å². The lowest BCUT2D eigenvalue weighted by Crippen LogP contribution is -2.06. The van der Waals surface area contributed by atoms with Gasteiger partial charge < -0.3 is 10.6 Å². The minimum absolute atomic E-state index is 0.126. The van der Waals surface area contributed by atoms with Crippen molar-refractivity contribution in [2.24, 2.45) is 0 Å². The largest absolute Gasteiger partial charge is 0.388 e. The molecule has 0 aliphatic heterocycles. The second-order valence-electron chi connectivity index (χ2n) is 4.51. The summed E-state index contributed by atoms with van der Waals surface area (Å²) in [6.45, 7) is 5.41. The number of nitro benzene ring substituents is 1. The van der Waals surface area contributed by atoms with Crippen molar-refractivity contribution in [3.63, 3.8) is 0 Å². The Balaban J connectivity index is 0.000000441. The van der Waals surface area contributed by atoms with E-state index in [1.54, 1.807) is 19.2 Å². The Morgan fingerprint density at radius 1 is 1.20 bits per heavy atom. The second-order valence-corrected chi connectivity index (χ2v) is 4.51. The van der Waals surface area contributed by atoms with Gasteiger partial charge in [-0.15, -0.1) is 0 Å². The molecule has 0 saturated carbocycles. The molecule has 0 saturated heterocycles. The van der Waals surface area contributed by atoms with Gasteiger partial charge in [-0.25, -0.2) is 0 Å². The third-order valence-corrected chi connectivity index (χ3v) is 2.98. The molecule has 1 aromatic rings. The Kier molecular flexibility index (Phi) is 10.3. The first-order valence-corrected chi connectivity index (χ1v) is 7.20. The summed E-state index contributed by atoms with van der Waals surface area (Å²) in [6.07, 6.45) is 4.88. The van der Waals surface area contributed by atoms with Crippen molar-refractivity contribution in [2.45, 2.75) is 39.5 Å². The molecule has 0 aliphatic carbocycles. The molecule has 114 valence electrons. The van der Waals surface area contributed by atoms with Crippen molar-refractivity contribution >= 4 is 11.4 Å². The third kappa shape index (κ3) is 7.09. The topological polar surface area (TPSA) is 67.2 Å². The molecule has 0 aliphatic rings. The molecule has 0 atom stereocenters. The number of non-ortho nitro benzene ring substituents is 1. The monoisotopic (exact) mass is 281 g/mol. The summed E-state index contributed by atoms with van der Waals surface area (Å²) in [5.41, 5.74) is 2.05. The van der Waals surface area contributed by atoms with Gasteiger partial charge in [-0.05, 0) is 32.0 Å². The number of unbranched alkanes of at least 4 members (excludes halogenated alkanes) is 2. The van der Waals surface area contributed by atoms with Crippen LogP contribution < -0.4 is 10.6 Å². The molecule has 0 heterocycles. The van der Waals surface area contributed by atoms with Crippen molar-refractivity contribution in [1.29, 1.82) is 0 Å². The maximum absolute atomic E-state index is 10.4. The Morgan fingerprint density at radius 3 is 2.35 bits per heavy atom. The Bertz CT molecular complexity index is 391. The number of nitro groups is 1. The summed E-state index contributed by atoms with van der Waals surface area (Å²) >= 11 is 0. The molecule has 1 rings (SSSR count). The molecule has 5 nitrogen and oxygen atoms in total. The minimum atomic E-state index is -0.389. The average molecular weight is 281 g/mol. The maximum Gasteiger partial charge on any atom is 0.271 e. The zero-order chi connectivity index (χ0) is 15.4. The van der Waals surface area contributed by atoms with E-state index in [1.807, 2.05) is 14.0 Å². The zero-order valence-corrected chi connectivity index (χ0v) is 13.0. The molecule has 0 unspecified atom stereocenters. The van der Waals surface area contributed by atoms with Crippen LogP contribution in [0.4, 0.5) is 11.4 Å². The molecular weight excluding hydrogens is 254 g/mol. The molecule has 0 fully saturated rings. The van der Waals surface area contributed by atoms with Gasteiger partial charge in [0.25, 0.3) is 5.69 Å². The summed E-state index contributed by atoms with van der Waals surface area (Å²) < 4.78 is 0. The fraction of sp³-hybridized carbons (Fsp3) is 0.600. The quantitative estimate of drug-likeness (QED) is 0.455. The molecule has 5 heteroatoms. The number of nitrogens with zero attached hydrogens (tertiary/aromatic N) is 1. The van der Waals surface area contributed by atoms with E-state index in [0.29, 0.717) is 0 Å². The minimum Gasteiger partial charge on any atom is -0.388 e. The molecule has 2 N–H and O–H groups in total. The molecular formula is C15H27N3O2. The van der Waals surface area contributed by atoms with Crippen LogP contribution in [0.15, 0.2) is 18.2 Å². The van der Waals surface area contributed by atoms with Gasteiger partial charge >= 0.3 is 0 Å². The van der Waals surface area contributed by atoms with Gasteiger partial charge in [0.2, 0.25) is 0 Å². The van der Waals surface area contributed by atoms with Gasteiger partial charge in [-0.1, -0.05) is 32.8 Å². The molecule has 20 heavy (non-hydrogen) atoms. The highest BCUT2D eigenvalue weighted by Gasteiger charge is 2.07. The standard InChI is InChI=1S/C9H12N2O2.C6H15N/c1-3-7-4-5-8(11(12)13)6-9(7)10-2;1-3-4-5-6-7-2/h4-6,10H,3H2,1-2H3;7H,3-6H2,1-2H3. The van der Waals surface area contributed by atoms with Gasteiger partial charge in [0.15, 0.2) is 0 Å². The highest BCUT2D eigenvalue weighted by Crippen LogP contribution is 2.22. The molecule has 1 aromatic carbocycles. The number of anilines is 1. The van der Waals surface area contributed by atoms with Crippen LogP contribution in [0.5, 0.6) is 0 Å². The predicted octanol–water partition coefficient (Wildman–Crippen LogP) is 3.59. The number of hydrogen-bond acceptors (Lipinski definition) is 4. The van der Waals surface area contributed by atoms with Crippen LogP contribution in [0.2, 0.25) is 0 Å². The van der Waals surface area contributed by atoms with E-state index >= 15 is 0 Å². The van der Waals surface area contributed by atoms with Crippen molar-refractivity contribution in [3.05, 3.63) is 33.9 Å². The van der Waals surface area contributed by atoms with Gasteiger partial charge in [0.1, 0.15) is 0 Å². The number of aryl methyl sites for hydroxylation is 1. The van der Waals surface area contributed by atoms with Gasteiger partial charge in [-0.2, -0.15) is 0 Å². The van der Waals surface area contributed by atoms with Crippen LogP contribution in [0.1, 0.15) is 38.7 Å². The first-order chi connectivity index (χ1) is 9.60. The Labute approximate surface area is 121 Å². The van der Waals surface area contributed by atoms with Crippen molar-refractivity contribution in [1.82, 2.24) is 5.32 Å². The number of hydrogen-bond donors (Lipinski definition) is 2. The average Bonchev–Trinajstić information content (AvgIpc) is 2.47. The SMILES string of the molecule is CCCCCNC.CCc1ccc([N+](=O)[O-])cc1NC. The third-order valence-electron chi connectivity index (χ3n) is 2.98. The van der Waals surface area contributed by atoms with E-state index in [4.69, 9.17) is 0 Å². The number of nitrogens with one attached hydrogen (secondary N) is 2. The summed E-state index contributed by atoms with van der Waals surface area (Å²) in [5, 5.41) is 16.5. The molecule has 0 bridgehead atoms. The number of rotatable bonds is 7. The first-order valence-electron chi connectivity index (χ1n) is 7.20. The Hall–Kier alpha value is -1.62. The van der Waals surface area contributed by atoms with Crippen LogP contribution in [0.25, 0.3) is 0 Å². The molecule has 0 radical (unpaired) electrons. The van der Waals surface area contributed by atoms with E-state index in [-0.39, 0.29) is 10.6 Å². The van der Waals surface area contributed by atoms with E-state index in [9.17, 15) is 10.1 Å². The smallest absolute Gasteiger partial charge is 0.271 e. The lowest BCUT2D eigenvalue weighted by Gasteiger charge is -2.05. The highest BCUT2D eigenvalue weighted by molar-refractivity contribution is 5.56. The molecule has 0 spiro atoms. The van der Waals surface area contributed by atoms with Crippen LogP contribution in [0, 0.1) is 10.1 Å². The van der Waals surface area contributed by atoms with E-state index in [0.717, 1.165) is 17.7 Å². The van der Waals surface area contributed by atoms with E-state index < -0.39 is 0 Å². The normalized spacial score (nSPS) is 9.60. The maximum atomic E-state index is 10.4. The van der Waals surface area contributed by atoms with Crippen LogP contribution in [0.3, 0.4) is 0 Å². The second kappa shape index (κ2) is 11.2. The Morgan fingerprint density at radius 2 is 1.90 bits per heavy atom. The summed E-state index contributed by atoms with van der Waals surface area (Å²) in [4.78, 5) is 10.1. The highest BCUT2D eigenvalue weighted by atomic mass is 16.6. The van der Waals surface area contributed by atoms with E-state index in [2.05, 4.69) is 17.6 Å². The summed E-state index contributed by atoms with van der Waals surface area (Å²) in [6, 6.07) is 4.86. The van der Waals surface area contributed by atoms with Gasteiger partial charge in [0.05, 0.1) is 4.92 Å². The van der Waals surface area contributed by atoms with E-state index in [1.165, 1.54) is 31.9 Å². The van der Waals surface area contributed by atoms with Crippen molar-refractivity contribution in [3.8, 4) is 0 Å². The fourth-order valence-corrected chi connectivity index (χ4v) is 1.77. The van der Waals surface area contributed by atoms with Crippen molar-refractivity contribution < 1.29 is 4.92 Å². The number of benzene rings is 1. The zero-order valence-electron chi connectivity index (χ0n) is 13.0. The van der Waals surface area contributed by atoms with Crippen LogP contribution in [-0.4, -0.2) is 25.6 Å². The lowest BCUT2D eigenvalue weighted by atomic mass is 10.1. The first kappa shape index (κ1) is 18.4. The van der Waals surface area contributed by atoms with Gasteiger partial charge in [0, 0.05) is 24.9 Å². The fourth-order valence-electron chi connectivity index (χ4n) is 1.77. The summed E-state index contributed by atoms with van der Waals surface area (Å²) in [5.74, 6) is 0. The molecule has 0 aromatic heterocycles. The van der Waals surface area contributed by atoms with Crippen molar-refractivity contribution in [2.75, 3.05) is 26.0 Å². The van der Waals surface area contributed by atoms with Gasteiger partial charge in [-0.3, -0.25) is 10.1 Å².